The second-order valence-electron chi connectivity index (χ2n) is 24.0. The molecule has 2 aliphatic heterocycles. The third kappa shape index (κ3) is 8.15. The number of aliphatic hydroxyl groups is 3. The van der Waals surface area contributed by atoms with Crippen LogP contribution in [-0.4, -0.2) is 126 Å². The van der Waals surface area contributed by atoms with Gasteiger partial charge in [-0.2, -0.15) is 10.1 Å². The minimum absolute atomic E-state index is 0. The predicted molar refractivity (Wildman–Crippen MR) is 275 cm³/mol. The van der Waals surface area contributed by atoms with E-state index in [4.69, 9.17) is 32.9 Å². The van der Waals surface area contributed by atoms with Gasteiger partial charge in [0.1, 0.15) is 19.0 Å². The van der Waals surface area contributed by atoms with Gasteiger partial charge >= 0.3 is 35.5 Å². The van der Waals surface area contributed by atoms with Crippen LogP contribution < -0.4 is 29.6 Å². The Labute approximate surface area is 483 Å². The van der Waals surface area contributed by atoms with Gasteiger partial charge in [0, 0.05) is 81.6 Å². The zero-order valence-corrected chi connectivity index (χ0v) is 47.0. The van der Waals surface area contributed by atoms with Crippen molar-refractivity contribution in [3.63, 3.8) is 0 Å². The molecule has 13 nitrogen and oxygen atoms in total. The van der Waals surface area contributed by atoms with E-state index in [9.17, 15) is 39.6 Å². The second-order valence-corrected chi connectivity index (χ2v) is 24.9. The number of aliphatic hydroxyl groups excluding tert-OH is 3. The van der Waals surface area contributed by atoms with E-state index in [1.807, 2.05) is 31.2 Å². The number of hydroxylamine groups is 4. The number of hydrogen-bond acceptors (Lipinski definition) is 12. The summed E-state index contributed by atoms with van der Waals surface area (Å²) < 4.78 is 66.0. The van der Waals surface area contributed by atoms with Gasteiger partial charge < -0.3 is 25.9 Å². The van der Waals surface area contributed by atoms with Crippen LogP contribution >= 0.6 is 23.2 Å². The van der Waals surface area contributed by atoms with E-state index >= 15 is 17.6 Å². The summed E-state index contributed by atoms with van der Waals surface area (Å²) in [5.74, 6) is -6.14. The molecule has 0 aromatic heterocycles. The second kappa shape index (κ2) is 20.6. The maximum atomic E-state index is 17.4. The first-order chi connectivity index (χ1) is 35.3. The Hall–Kier alpha value is -3.14. The number of fused-ring (bicyclic) bond motifs is 14. The summed E-state index contributed by atoms with van der Waals surface area (Å²) in [5, 5.41) is 48.2. The molecule has 0 spiro atoms. The smallest absolute Gasteiger partial charge is 0.870 e. The van der Waals surface area contributed by atoms with Crippen molar-refractivity contribution in [3.8, 4) is 0 Å². The fourth-order valence-electron chi connectivity index (χ4n) is 17.4. The summed E-state index contributed by atoms with van der Waals surface area (Å²) in [4.78, 5) is 63.3. The van der Waals surface area contributed by atoms with Crippen molar-refractivity contribution < 1.29 is 102 Å². The molecule has 0 unspecified atom stereocenters. The van der Waals surface area contributed by atoms with Gasteiger partial charge in [-0.1, -0.05) is 80.9 Å². The first kappa shape index (κ1) is 60.9. The van der Waals surface area contributed by atoms with Crippen LogP contribution in [-0.2, 0) is 41.9 Å². The summed E-state index contributed by atoms with van der Waals surface area (Å²) in [6.45, 7) is 7.34. The molecular formula is C58H67Cl2F4N2NaO11. The topological polar surface area (TPSA) is 204 Å². The maximum Gasteiger partial charge on any atom is 1.00 e. The molecule has 20 heteroatoms. The minimum atomic E-state index is -2.25. The zero-order valence-electron chi connectivity index (χ0n) is 43.5. The van der Waals surface area contributed by atoms with Gasteiger partial charge in [0.05, 0.1) is 12.2 Å². The number of allylic oxidation sites excluding steroid dienone is 8. The molecule has 2 heterocycles. The minimum Gasteiger partial charge on any atom is -0.870 e. The third-order valence-electron chi connectivity index (χ3n) is 20.8. The van der Waals surface area contributed by atoms with Crippen LogP contribution in [0.25, 0.3) is 0 Å². The number of benzene rings is 2. The molecule has 2 saturated heterocycles. The number of nitrogens with zero attached hydrogens (tertiary/aromatic N) is 2. The molecule has 0 bridgehead atoms. The van der Waals surface area contributed by atoms with Gasteiger partial charge in [-0.3, -0.25) is 24.1 Å². The summed E-state index contributed by atoms with van der Waals surface area (Å²) in [6.07, 6.45) is 1.47. The molecule has 8 fully saturated rings. The molecule has 8 aliphatic carbocycles. The monoisotopic (exact) mass is 1140 g/mol. The number of halogens is 6. The summed E-state index contributed by atoms with van der Waals surface area (Å²) >= 11 is 12.0. The van der Waals surface area contributed by atoms with Crippen molar-refractivity contribution >= 4 is 46.5 Å². The molecule has 418 valence electrons. The van der Waals surface area contributed by atoms with Crippen LogP contribution in [0.4, 0.5) is 17.6 Å². The van der Waals surface area contributed by atoms with Gasteiger partial charge in [0.15, 0.2) is 39.9 Å². The predicted octanol–water partition coefficient (Wildman–Crippen LogP) is 5.85. The molecule has 6 saturated carbocycles. The fourth-order valence-corrected chi connectivity index (χ4v) is 17.6. The fraction of sp³-hybridized carbons (Fsp3) is 0.586. The van der Waals surface area contributed by atoms with Gasteiger partial charge in [-0.15, -0.1) is 0 Å². The maximum absolute atomic E-state index is 17.4. The Bertz CT molecular complexity index is 2880. The Balaban J connectivity index is 0.000000198. The number of hydrogen-bond donors (Lipinski definition) is 4. The van der Waals surface area contributed by atoms with E-state index in [2.05, 4.69) is 0 Å². The quantitative estimate of drug-likeness (QED) is 0.190. The van der Waals surface area contributed by atoms with E-state index in [0.717, 1.165) is 17.2 Å². The van der Waals surface area contributed by atoms with E-state index in [1.54, 1.807) is 55.2 Å². The Kier molecular flexibility index (Phi) is 16.1. The number of alkyl halides is 4. The van der Waals surface area contributed by atoms with Crippen LogP contribution in [0.15, 0.2) is 96.1 Å². The van der Waals surface area contributed by atoms with Crippen LogP contribution in [0.5, 0.6) is 0 Å². The Morgan fingerprint density at radius 3 is 1.41 bits per heavy atom. The van der Waals surface area contributed by atoms with Crippen LogP contribution in [0.3, 0.4) is 0 Å². The number of carboxylic acids is 1. The van der Waals surface area contributed by atoms with Crippen LogP contribution in [0, 0.1) is 57.2 Å². The van der Waals surface area contributed by atoms with Gasteiger partial charge in [0.2, 0.25) is 0 Å². The zero-order chi connectivity index (χ0) is 53.8. The summed E-state index contributed by atoms with van der Waals surface area (Å²) in [5.41, 5.74) is -10.8. The SMILES string of the molecule is C.C[C@]12C=CC(=O)C=C1[C@@H](F)C[C@H]1[C@@H]3C[C@H]4CN(Cc5ccc(Cl)cc5)O[C@@]4(C(=O)CO)[C@@]3(C)C[C@H](O)[C@@]12F.C[C@]12C=CC(=O)C=C1[C@@H](F)C[C@H]1[C@@H]3C[C@H]4CN(Cc5ccc(Cl)cc5)O[C@@]4(C(=O)O)[C@@]3(C)C[C@H](O)[C@@]12F.[Na+].[OH-]. The summed E-state index contributed by atoms with van der Waals surface area (Å²) in [6, 6.07) is 14.5. The number of ketones is 3. The molecule has 2 aromatic carbocycles. The summed E-state index contributed by atoms with van der Waals surface area (Å²) in [7, 11) is 0. The van der Waals surface area contributed by atoms with E-state index in [1.165, 1.54) is 30.4 Å². The van der Waals surface area contributed by atoms with Crippen molar-refractivity contribution in [1.29, 1.82) is 0 Å². The molecule has 2 aromatic rings. The number of aliphatic carboxylic acids is 1. The molecule has 5 N–H and O–H groups in total. The standard InChI is InChI=1S/C29H32ClF2NO5.C28H30ClF2NO5.CH4.Na.H2O/c1-26-8-7-19(35)10-22(26)23(31)11-21-20-9-17-14-33(13-16-3-5-18(30)6-4-16)38-29(17,25(37)15-34)27(20,2)12-24(36)28(21,26)32;1-25-8-7-18(33)10-21(25)22(30)11-20-19-9-16-14-32(13-15-3-5-17(29)6-4-15)37-28(16,24(35)36)26(19,2)12-23(34)27(20,25)31;;;/h3-8,10,17,20-21,23-24,34,36H,9,11-15H2,1-2H3;3-8,10,16,19-20,22-23,34H,9,11-14H2,1-2H3,(H,35,36);1H4;;1H2/q;;;+1;/p-1/t17-,20-,21-,23-,24-,26-,27-,28-,29-;16-,19-,20-,22-,23-,25-,26-,27-,28-;;;/m00.../s1. The number of carboxylic acid groups (broad SMARTS) is 1. The number of rotatable bonds is 7. The van der Waals surface area contributed by atoms with Crippen molar-refractivity contribution in [2.45, 2.75) is 134 Å². The van der Waals surface area contributed by atoms with Crippen molar-refractivity contribution in [1.82, 2.24) is 10.1 Å². The van der Waals surface area contributed by atoms with Crippen molar-refractivity contribution in [2.75, 3.05) is 19.7 Å². The molecule has 12 rings (SSSR count). The van der Waals surface area contributed by atoms with Gasteiger partial charge in [0.25, 0.3) is 0 Å². The molecule has 18 atom stereocenters. The molecule has 10 aliphatic rings. The molecule has 78 heavy (non-hydrogen) atoms. The van der Waals surface area contributed by atoms with Crippen LogP contribution in [0.2, 0.25) is 10.0 Å². The van der Waals surface area contributed by atoms with E-state index in [-0.39, 0.29) is 85.2 Å². The third-order valence-corrected chi connectivity index (χ3v) is 21.3. The molecule has 0 radical (unpaired) electrons. The largest absolute Gasteiger partial charge is 1.00 e. The first-order valence-electron chi connectivity index (χ1n) is 25.9. The van der Waals surface area contributed by atoms with Crippen molar-refractivity contribution in [3.05, 3.63) is 117 Å². The van der Waals surface area contributed by atoms with E-state index in [0.29, 0.717) is 49.1 Å². The molecular weight excluding hydrogens is 1070 g/mol. The first-order valence-corrected chi connectivity index (χ1v) is 26.7. The van der Waals surface area contributed by atoms with Crippen molar-refractivity contribution in [2.24, 2.45) is 57.2 Å². The average Bonchev–Trinajstić information content (AvgIpc) is 4.19. The van der Waals surface area contributed by atoms with Gasteiger partial charge in [-0.05, 0) is 135 Å². The van der Waals surface area contributed by atoms with Crippen LogP contribution in [0.1, 0.15) is 84.8 Å². The molecule has 0 amide bonds. The number of carbonyl (C=O) groups is 4. The Morgan fingerprint density at radius 1 is 0.654 bits per heavy atom. The van der Waals surface area contributed by atoms with Gasteiger partial charge in [-0.25, -0.2) is 22.4 Å². The number of Topliss-reactive ketones (excluding diaryl/α,β-unsaturated/α-hetero) is 1. The van der Waals surface area contributed by atoms with E-state index < -0.39 is 128 Å². The Morgan fingerprint density at radius 2 is 1.03 bits per heavy atom. The normalized spacial score (nSPS) is 44.4. The number of carbonyl (C=O) groups excluding carboxylic acids is 3. The average molecular weight is 1140 g/mol.